The highest BCUT2D eigenvalue weighted by Crippen LogP contribution is 2.59. The van der Waals surface area contributed by atoms with Crippen molar-refractivity contribution in [3.63, 3.8) is 0 Å². The Bertz CT molecular complexity index is 529. The van der Waals surface area contributed by atoms with Gasteiger partial charge >= 0.3 is 0 Å². The third-order valence-electron chi connectivity index (χ3n) is 7.25. The van der Waals surface area contributed by atoms with Crippen molar-refractivity contribution in [3.05, 3.63) is 23.8 Å². The van der Waals surface area contributed by atoms with Gasteiger partial charge in [-0.1, -0.05) is 45.9 Å². The standard InChI is InChI=1S/C22H40O2Si/c1-16-10-9-13-22(6)14-19(22)20(23)18(12-11-16)17(2)15-24-25(7,8)21(3,4)5/h10,18-20,23H,2,9,11-15H2,1,3-8H3/b16-10+/t18-,19-,20-,22-/m0/s1. The predicted molar refractivity (Wildman–Crippen MR) is 110 cm³/mol. The summed E-state index contributed by atoms with van der Waals surface area (Å²) in [4.78, 5) is 0. The highest BCUT2D eigenvalue weighted by Gasteiger charge is 2.54. The van der Waals surface area contributed by atoms with Crippen LogP contribution in [0, 0.1) is 17.3 Å². The second-order valence-electron chi connectivity index (χ2n) is 10.4. The topological polar surface area (TPSA) is 29.5 Å². The van der Waals surface area contributed by atoms with Gasteiger partial charge in [0.25, 0.3) is 0 Å². The molecule has 25 heavy (non-hydrogen) atoms. The molecule has 0 aromatic carbocycles. The van der Waals surface area contributed by atoms with Crippen molar-refractivity contribution in [3.8, 4) is 0 Å². The minimum absolute atomic E-state index is 0.165. The molecule has 1 fully saturated rings. The van der Waals surface area contributed by atoms with Crippen molar-refractivity contribution in [1.82, 2.24) is 0 Å². The molecule has 0 bridgehead atoms. The summed E-state index contributed by atoms with van der Waals surface area (Å²) in [5.74, 6) is 0.604. The van der Waals surface area contributed by atoms with Crippen LogP contribution in [0.15, 0.2) is 23.8 Å². The van der Waals surface area contributed by atoms with E-state index in [1.807, 2.05) is 0 Å². The highest BCUT2D eigenvalue weighted by atomic mass is 28.4. The van der Waals surface area contributed by atoms with Gasteiger partial charge in [0.05, 0.1) is 12.7 Å². The zero-order valence-corrected chi connectivity index (χ0v) is 18.6. The highest BCUT2D eigenvalue weighted by molar-refractivity contribution is 6.74. The maximum atomic E-state index is 11.1. The van der Waals surface area contributed by atoms with E-state index in [0.717, 1.165) is 31.3 Å². The van der Waals surface area contributed by atoms with E-state index < -0.39 is 8.32 Å². The Kier molecular flexibility index (Phi) is 6.13. The molecule has 1 N–H and O–H groups in total. The lowest BCUT2D eigenvalue weighted by molar-refractivity contribution is 0.0782. The smallest absolute Gasteiger partial charge is 0.192 e. The molecule has 0 aromatic heterocycles. The van der Waals surface area contributed by atoms with Gasteiger partial charge in [0.1, 0.15) is 0 Å². The third-order valence-corrected chi connectivity index (χ3v) is 11.7. The van der Waals surface area contributed by atoms with Gasteiger partial charge in [0.15, 0.2) is 8.32 Å². The molecule has 0 unspecified atom stereocenters. The molecule has 3 heteroatoms. The van der Waals surface area contributed by atoms with Crippen LogP contribution in [-0.4, -0.2) is 26.1 Å². The first-order valence-electron chi connectivity index (χ1n) is 10.0. The van der Waals surface area contributed by atoms with Crippen LogP contribution in [0.4, 0.5) is 0 Å². The van der Waals surface area contributed by atoms with Crippen LogP contribution in [0.5, 0.6) is 0 Å². The molecule has 2 aliphatic carbocycles. The maximum Gasteiger partial charge on any atom is 0.192 e. The van der Waals surface area contributed by atoms with E-state index in [4.69, 9.17) is 4.43 Å². The normalized spacial score (nSPS) is 36.2. The quantitative estimate of drug-likeness (QED) is 0.483. The molecule has 2 nitrogen and oxygen atoms in total. The van der Waals surface area contributed by atoms with Crippen molar-refractivity contribution in [2.75, 3.05) is 6.61 Å². The van der Waals surface area contributed by atoms with Crippen LogP contribution >= 0.6 is 0 Å². The molecule has 0 aliphatic heterocycles. The van der Waals surface area contributed by atoms with E-state index in [1.165, 1.54) is 12.0 Å². The number of aliphatic hydroxyl groups is 1. The van der Waals surface area contributed by atoms with Crippen LogP contribution < -0.4 is 0 Å². The average molecular weight is 365 g/mol. The lowest BCUT2D eigenvalue weighted by Gasteiger charge is -2.37. The Morgan fingerprint density at radius 1 is 1.40 bits per heavy atom. The van der Waals surface area contributed by atoms with Crippen molar-refractivity contribution in [2.45, 2.75) is 91.0 Å². The second kappa shape index (κ2) is 7.32. The Morgan fingerprint density at radius 3 is 2.64 bits per heavy atom. The van der Waals surface area contributed by atoms with Crippen molar-refractivity contribution in [2.24, 2.45) is 17.3 Å². The van der Waals surface area contributed by atoms with Gasteiger partial charge in [-0.3, -0.25) is 0 Å². The van der Waals surface area contributed by atoms with Crippen molar-refractivity contribution < 1.29 is 9.53 Å². The number of hydrogen-bond acceptors (Lipinski definition) is 2. The summed E-state index contributed by atoms with van der Waals surface area (Å²) in [5, 5.41) is 11.3. The molecule has 0 heterocycles. The van der Waals surface area contributed by atoms with E-state index in [2.05, 4.69) is 60.4 Å². The molecular formula is C22H40O2Si. The first kappa shape index (κ1) is 20.9. The summed E-state index contributed by atoms with van der Waals surface area (Å²) in [6.07, 6.45) is 7.72. The van der Waals surface area contributed by atoms with Gasteiger partial charge in [-0.25, -0.2) is 0 Å². The number of rotatable bonds is 4. The summed E-state index contributed by atoms with van der Waals surface area (Å²) < 4.78 is 6.40. The summed E-state index contributed by atoms with van der Waals surface area (Å²) in [6.45, 7) is 20.9. The lowest BCUT2D eigenvalue weighted by Crippen LogP contribution is -2.42. The van der Waals surface area contributed by atoms with E-state index in [9.17, 15) is 5.11 Å². The fourth-order valence-electron chi connectivity index (χ4n) is 3.89. The number of aliphatic hydroxyl groups excluding tert-OH is 1. The number of fused-ring (bicyclic) bond motifs is 1. The average Bonchev–Trinajstić information content (AvgIpc) is 3.15. The van der Waals surface area contributed by atoms with Gasteiger partial charge in [-0.05, 0) is 74.1 Å². The summed E-state index contributed by atoms with van der Waals surface area (Å²) in [6, 6.07) is 0. The Labute approximate surface area is 156 Å². The first-order valence-corrected chi connectivity index (χ1v) is 12.9. The van der Waals surface area contributed by atoms with Gasteiger partial charge in [0, 0.05) is 5.92 Å². The van der Waals surface area contributed by atoms with E-state index in [0.29, 0.717) is 17.9 Å². The zero-order valence-electron chi connectivity index (χ0n) is 17.6. The fraction of sp³-hybridized carbons (Fsp3) is 0.818. The van der Waals surface area contributed by atoms with Crippen LogP contribution in [0.25, 0.3) is 0 Å². The molecule has 2 aliphatic rings. The molecule has 0 aromatic rings. The molecule has 0 amide bonds. The van der Waals surface area contributed by atoms with Gasteiger partial charge in [0.2, 0.25) is 0 Å². The number of allylic oxidation sites excluding steroid dienone is 2. The van der Waals surface area contributed by atoms with Crippen LogP contribution in [-0.2, 0) is 4.43 Å². The molecule has 0 spiro atoms. The summed E-state index contributed by atoms with van der Waals surface area (Å²) in [7, 11) is -1.78. The van der Waals surface area contributed by atoms with Crippen molar-refractivity contribution in [1.29, 1.82) is 0 Å². The molecule has 0 saturated heterocycles. The molecule has 1 saturated carbocycles. The number of hydrogen-bond donors (Lipinski definition) is 1. The van der Waals surface area contributed by atoms with Gasteiger partial charge < -0.3 is 9.53 Å². The van der Waals surface area contributed by atoms with Gasteiger partial charge in [-0.15, -0.1) is 0 Å². The zero-order chi connectivity index (χ0) is 19.0. The Balaban J connectivity index is 2.07. The molecular weight excluding hydrogens is 324 g/mol. The Morgan fingerprint density at radius 2 is 2.04 bits per heavy atom. The second-order valence-corrected chi connectivity index (χ2v) is 15.2. The third kappa shape index (κ3) is 4.87. The minimum Gasteiger partial charge on any atom is -0.413 e. The van der Waals surface area contributed by atoms with Crippen molar-refractivity contribution >= 4 is 8.32 Å². The lowest BCUT2D eigenvalue weighted by atomic mass is 9.82. The van der Waals surface area contributed by atoms with Crippen LogP contribution in [0.1, 0.15) is 66.7 Å². The Hall–Kier alpha value is -0.383. The van der Waals surface area contributed by atoms with E-state index in [-0.39, 0.29) is 17.1 Å². The SMILES string of the molecule is C=C(CO[Si](C)(C)C(C)(C)C)[C@@H]1CC/C(C)=C/CC[C@@]2(C)C[C@H]2[C@H]1O. The largest absolute Gasteiger partial charge is 0.413 e. The monoisotopic (exact) mass is 364 g/mol. The first-order chi connectivity index (χ1) is 11.4. The minimum atomic E-state index is -1.78. The summed E-state index contributed by atoms with van der Waals surface area (Å²) in [5.41, 5.74) is 2.88. The molecule has 144 valence electrons. The summed E-state index contributed by atoms with van der Waals surface area (Å²) >= 11 is 0. The predicted octanol–water partition coefficient (Wildman–Crippen LogP) is 6.09. The van der Waals surface area contributed by atoms with E-state index >= 15 is 0 Å². The molecule has 4 atom stereocenters. The van der Waals surface area contributed by atoms with Gasteiger partial charge in [-0.2, -0.15) is 0 Å². The van der Waals surface area contributed by atoms with Crippen LogP contribution in [0.3, 0.4) is 0 Å². The van der Waals surface area contributed by atoms with E-state index in [1.54, 1.807) is 0 Å². The maximum absolute atomic E-state index is 11.1. The fourth-order valence-corrected chi connectivity index (χ4v) is 4.87. The van der Waals surface area contributed by atoms with Crippen LogP contribution in [0.2, 0.25) is 18.1 Å². The molecule has 0 radical (unpaired) electrons. The molecule has 2 rings (SSSR count).